The molecule has 0 aliphatic heterocycles. The van der Waals surface area contributed by atoms with Crippen molar-refractivity contribution in [2.24, 2.45) is 0 Å². The molecule has 2 aromatic carbocycles. The second-order valence-corrected chi connectivity index (χ2v) is 6.01. The summed E-state index contributed by atoms with van der Waals surface area (Å²) in [4.78, 5) is 23.7. The third-order valence-electron chi connectivity index (χ3n) is 3.95. The number of anilines is 1. The number of hydrogen-bond acceptors (Lipinski definition) is 3. The number of amides is 1. The van der Waals surface area contributed by atoms with Gasteiger partial charge in [-0.3, -0.25) is 9.59 Å². The molecule has 126 valence electrons. The summed E-state index contributed by atoms with van der Waals surface area (Å²) in [5, 5.41) is 7.20. The number of nitrogens with one attached hydrogen (secondary N) is 1. The van der Waals surface area contributed by atoms with Crippen LogP contribution in [0.1, 0.15) is 39.0 Å². The molecule has 0 spiro atoms. The van der Waals surface area contributed by atoms with Crippen LogP contribution in [0, 0.1) is 13.8 Å². The number of carbonyl (C=O) groups is 2. The van der Waals surface area contributed by atoms with E-state index >= 15 is 0 Å². The monoisotopic (exact) mass is 333 g/mol. The van der Waals surface area contributed by atoms with Crippen LogP contribution in [-0.2, 0) is 0 Å². The fourth-order valence-corrected chi connectivity index (χ4v) is 2.52. The molecule has 0 aliphatic rings. The zero-order chi connectivity index (χ0) is 18.0. The molecule has 1 aromatic heterocycles. The topological polar surface area (TPSA) is 64.0 Å². The summed E-state index contributed by atoms with van der Waals surface area (Å²) in [6, 6.07) is 16.5. The van der Waals surface area contributed by atoms with Gasteiger partial charge in [-0.15, -0.1) is 0 Å². The number of rotatable bonds is 4. The minimum absolute atomic E-state index is 0.00894. The van der Waals surface area contributed by atoms with E-state index in [1.54, 1.807) is 35.0 Å². The maximum atomic E-state index is 12.4. The van der Waals surface area contributed by atoms with Crippen molar-refractivity contribution in [3.05, 3.63) is 77.1 Å². The quantitative estimate of drug-likeness (QED) is 0.735. The average molecular weight is 333 g/mol. The minimum Gasteiger partial charge on any atom is -0.321 e. The van der Waals surface area contributed by atoms with Gasteiger partial charge in [0.2, 0.25) is 0 Å². The maximum absolute atomic E-state index is 12.4. The van der Waals surface area contributed by atoms with Crippen molar-refractivity contribution in [1.29, 1.82) is 0 Å². The summed E-state index contributed by atoms with van der Waals surface area (Å²) in [5.74, 6) is -0.296. The Morgan fingerprint density at radius 1 is 0.960 bits per heavy atom. The molecule has 25 heavy (non-hydrogen) atoms. The fraction of sp³-hybridized carbons (Fsp3) is 0.150. The Labute approximate surface area is 146 Å². The van der Waals surface area contributed by atoms with Gasteiger partial charge in [-0.25, -0.2) is 4.68 Å². The van der Waals surface area contributed by atoms with Crippen LogP contribution in [0.2, 0.25) is 0 Å². The Bertz CT molecular complexity index is 923. The van der Waals surface area contributed by atoms with E-state index < -0.39 is 0 Å². The van der Waals surface area contributed by atoms with E-state index in [1.165, 1.54) is 12.5 Å². The normalized spacial score (nSPS) is 10.5. The molecular formula is C20H19N3O2. The number of ketones is 1. The fourth-order valence-electron chi connectivity index (χ4n) is 2.52. The van der Waals surface area contributed by atoms with Crippen LogP contribution in [-0.4, -0.2) is 21.5 Å². The highest BCUT2D eigenvalue weighted by Crippen LogP contribution is 2.15. The first-order valence-electron chi connectivity index (χ1n) is 8.00. The van der Waals surface area contributed by atoms with Crippen molar-refractivity contribution in [3.63, 3.8) is 0 Å². The third kappa shape index (κ3) is 3.66. The van der Waals surface area contributed by atoms with Crippen LogP contribution < -0.4 is 5.32 Å². The van der Waals surface area contributed by atoms with E-state index in [0.717, 1.165) is 11.4 Å². The Morgan fingerprint density at radius 2 is 1.60 bits per heavy atom. The number of hydrogen-bond donors (Lipinski definition) is 1. The van der Waals surface area contributed by atoms with Gasteiger partial charge in [0, 0.05) is 16.9 Å². The number of carbonyl (C=O) groups excluding carboxylic acids is 2. The lowest BCUT2D eigenvalue weighted by Crippen LogP contribution is -2.13. The molecule has 3 rings (SSSR count). The standard InChI is InChI=1S/C20H19N3O2/c1-13-4-10-18(11-5-13)23-14(2)12-19(22-23)20(25)21-17-8-6-16(7-9-17)15(3)24/h4-12H,1-3H3,(H,21,25). The first-order chi connectivity index (χ1) is 11.9. The molecule has 1 N–H and O–H groups in total. The van der Waals surface area contributed by atoms with Gasteiger partial charge in [0.1, 0.15) is 0 Å². The molecule has 0 aliphatic carbocycles. The Kier molecular flexibility index (Phi) is 4.48. The van der Waals surface area contributed by atoms with Gasteiger partial charge < -0.3 is 5.32 Å². The lowest BCUT2D eigenvalue weighted by atomic mass is 10.1. The first-order valence-corrected chi connectivity index (χ1v) is 8.00. The van der Waals surface area contributed by atoms with E-state index in [1.807, 2.05) is 38.1 Å². The highest BCUT2D eigenvalue weighted by molar-refractivity contribution is 6.03. The van der Waals surface area contributed by atoms with Gasteiger partial charge in [0.15, 0.2) is 11.5 Å². The summed E-state index contributed by atoms with van der Waals surface area (Å²) < 4.78 is 1.74. The average Bonchev–Trinajstić information content (AvgIpc) is 2.98. The van der Waals surface area contributed by atoms with Crippen molar-refractivity contribution >= 4 is 17.4 Å². The molecule has 3 aromatic rings. The van der Waals surface area contributed by atoms with Gasteiger partial charge >= 0.3 is 0 Å². The molecule has 0 bridgehead atoms. The highest BCUT2D eigenvalue weighted by atomic mass is 16.2. The molecular weight excluding hydrogens is 314 g/mol. The van der Waals surface area contributed by atoms with Crippen molar-refractivity contribution in [2.75, 3.05) is 5.32 Å². The molecule has 1 amide bonds. The molecule has 0 unspecified atom stereocenters. The second kappa shape index (κ2) is 6.73. The van der Waals surface area contributed by atoms with Gasteiger partial charge in [-0.1, -0.05) is 17.7 Å². The molecule has 5 nitrogen and oxygen atoms in total. The lowest BCUT2D eigenvalue weighted by Gasteiger charge is -2.05. The number of Topliss-reactive ketones (excluding diaryl/α,β-unsaturated/α-hetero) is 1. The van der Waals surface area contributed by atoms with E-state index in [0.29, 0.717) is 16.9 Å². The van der Waals surface area contributed by atoms with Crippen LogP contribution >= 0.6 is 0 Å². The summed E-state index contributed by atoms with van der Waals surface area (Å²) in [6.07, 6.45) is 0. The van der Waals surface area contributed by atoms with Crippen molar-refractivity contribution in [3.8, 4) is 5.69 Å². The minimum atomic E-state index is -0.287. The van der Waals surface area contributed by atoms with E-state index in [-0.39, 0.29) is 11.7 Å². The Hall–Kier alpha value is -3.21. The molecule has 0 saturated carbocycles. The van der Waals surface area contributed by atoms with Crippen LogP contribution in [0.25, 0.3) is 5.69 Å². The maximum Gasteiger partial charge on any atom is 0.276 e. The SMILES string of the molecule is CC(=O)c1ccc(NC(=O)c2cc(C)n(-c3ccc(C)cc3)n2)cc1. The largest absolute Gasteiger partial charge is 0.321 e. The summed E-state index contributed by atoms with van der Waals surface area (Å²) in [7, 11) is 0. The molecule has 0 radical (unpaired) electrons. The zero-order valence-corrected chi connectivity index (χ0v) is 14.4. The lowest BCUT2D eigenvalue weighted by molar-refractivity contribution is 0.101. The number of nitrogens with zero attached hydrogens (tertiary/aromatic N) is 2. The number of benzene rings is 2. The molecule has 0 atom stereocenters. The highest BCUT2D eigenvalue weighted by Gasteiger charge is 2.13. The van der Waals surface area contributed by atoms with Gasteiger partial charge in [0.05, 0.1) is 5.69 Å². The molecule has 0 fully saturated rings. The third-order valence-corrected chi connectivity index (χ3v) is 3.95. The smallest absolute Gasteiger partial charge is 0.276 e. The predicted octanol–water partition coefficient (Wildman–Crippen LogP) is 3.94. The summed E-state index contributed by atoms with van der Waals surface area (Å²) >= 11 is 0. The van der Waals surface area contributed by atoms with Crippen LogP contribution in [0.15, 0.2) is 54.6 Å². The van der Waals surface area contributed by atoms with Crippen molar-refractivity contribution in [2.45, 2.75) is 20.8 Å². The zero-order valence-electron chi connectivity index (χ0n) is 14.4. The number of aromatic nitrogens is 2. The molecule has 5 heteroatoms. The Morgan fingerprint density at radius 3 is 2.20 bits per heavy atom. The van der Waals surface area contributed by atoms with E-state index in [2.05, 4.69) is 10.4 Å². The summed E-state index contributed by atoms with van der Waals surface area (Å²) in [6.45, 7) is 5.44. The molecule has 0 saturated heterocycles. The van der Waals surface area contributed by atoms with Crippen LogP contribution in [0.3, 0.4) is 0 Å². The predicted molar refractivity (Wildman–Crippen MR) is 97.4 cm³/mol. The Balaban J connectivity index is 1.80. The van der Waals surface area contributed by atoms with Gasteiger partial charge in [0.25, 0.3) is 5.91 Å². The van der Waals surface area contributed by atoms with Gasteiger partial charge in [-0.2, -0.15) is 5.10 Å². The summed E-state index contributed by atoms with van der Waals surface area (Å²) in [5.41, 5.74) is 4.53. The van der Waals surface area contributed by atoms with Crippen LogP contribution in [0.4, 0.5) is 5.69 Å². The van der Waals surface area contributed by atoms with Crippen molar-refractivity contribution in [1.82, 2.24) is 9.78 Å². The first kappa shape index (κ1) is 16.6. The number of aryl methyl sites for hydroxylation is 2. The van der Waals surface area contributed by atoms with Crippen molar-refractivity contribution < 1.29 is 9.59 Å². The van der Waals surface area contributed by atoms with E-state index in [4.69, 9.17) is 0 Å². The van der Waals surface area contributed by atoms with E-state index in [9.17, 15) is 9.59 Å². The van der Waals surface area contributed by atoms with Gasteiger partial charge in [-0.05, 0) is 63.2 Å². The van der Waals surface area contributed by atoms with Crippen LogP contribution in [0.5, 0.6) is 0 Å². The second-order valence-electron chi connectivity index (χ2n) is 6.01. The molecule has 1 heterocycles.